The van der Waals surface area contributed by atoms with Crippen LogP contribution in [0.4, 0.5) is 5.82 Å². The Labute approximate surface area is 178 Å². The van der Waals surface area contributed by atoms with Crippen molar-refractivity contribution in [2.45, 2.75) is 31.1 Å². The molecule has 0 bridgehead atoms. The lowest BCUT2D eigenvalue weighted by atomic mass is 10.1. The van der Waals surface area contributed by atoms with E-state index in [4.69, 9.17) is 26.8 Å². The van der Waals surface area contributed by atoms with Crippen LogP contribution in [0.25, 0.3) is 11.2 Å². The Bertz CT molecular complexity index is 1000. The molecule has 9 nitrogen and oxygen atoms in total. The third-order valence-corrected chi connectivity index (χ3v) is 6.23. The minimum absolute atomic E-state index is 0.0836. The first-order valence-corrected chi connectivity index (χ1v) is 9.88. The number of aliphatic hydroxyl groups is 2. The van der Waals surface area contributed by atoms with Crippen LogP contribution in [0, 0.1) is 3.57 Å². The average molecular weight is 518 g/mol. The Balaban J connectivity index is 1.45. The zero-order valence-electron chi connectivity index (χ0n) is 14.4. The zero-order chi connectivity index (χ0) is 19.8. The lowest BCUT2D eigenvalue weighted by Crippen LogP contribution is -2.33. The Morgan fingerprint density at radius 1 is 1.25 bits per heavy atom. The van der Waals surface area contributed by atoms with Crippen LogP contribution < -0.4 is 5.73 Å². The Morgan fingerprint density at radius 2 is 2.07 bits per heavy atom. The lowest BCUT2D eigenvalue weighted by Gasteiger charge is -2.16. The molecule has 0 aliphatic carbocycles. The highest BCUT2D eigenvalue weighted by atomic mass is 127. The van der Waals surface area contributed by atoms with Crippen molar-refractivity contribution in [2.24, 2.45) is 0 Å². The van der Waals surface area contributed by atoms with Crippen LogP contribution in [-0.4, -0.2) is 54.7 Å². The lowest BCUT2D eigenvalue weighted by molar-refractivity contribution is -0.0682. The van der Waals surface area contributed by atoms with E-state index in [9.17, 15) is 10.2 Å². The van der Waals surface area contributed by atoms with Crippen molar-refractivity contribution in [3.8, 4) is 0 Å². The maximum Gasteiger partial charge on any atom is 0.167 e. The fourth-order valence-electron chi connectivity index (χ4n) is 3.10. The first-order valence-electron chi connectivity index (χ1n) is 8.42. The second kappa shape index (κ2) is 8.05. The summed E-state index contributed by atoms with van der Waals surface area (Å²) in [4.78, 5) is 12.2. The van der Waals surface area contributed by atoms with E-state index in [1.807, 2.05) is 18.2 Å². The molecular weight excluding hydrogens is 501 g/mol. The van der Waals surface area contributed by atoms with Gasteiger partial charge in [-0.15, -0.1) is 0 Å². The van der Waals surface area contributed by atoms with Gasteiger partial charge in [0.1, 0.15) is 30.2 Å². The summed E-state index contributed by atoms with van der Waals surface area (Å²) in [5.74, 6) is 0.228. The van der Waals surface area contributed by atoms with Crippen molar-refractivity contribution in [1.29, 1.82) is 0 Å². The van der Waals surface area contributed by atoms with Gasteiger partial charge in [-0.1, -0.05) is 23.7 Å². The van der Waals surface area contributed by atoms with E-state index in [1.165, 1.54) is 17.2 Å². The molecule has 0 amide bonds. The number of aliphatic hydroxyl groups excluding tert-OH is 2. The van der Waals surface area contributed by atoms with E-state index in [1.54, 1.807) is 0 Å². The van der Waals surface area contributed by atoms with E-state index >= 15 is 0 Å². The van der Waals surface area contributed by atoms with Crippen molar-refractivity contribution >= 4 is 51.2 Å². The zero-order valence-corrected chi connectivity index (χ0v) is 17.4. The monoisotopic (exact) mass is 517 g/mol. The summed E-state index contributed by atoms with van der Waals surface area (Å²) in [6, 6.07) is 5.67. The number of hydrogen-bond acceptors (Lipinski definition) is 8. The molecule has 0 saturated carbocycles. The minimum atomic E-state index is -1.18. The third-order valence-electron chi connectivity index (χ3n) is 4.57. The molecule has 1 fully saturated rings. The van der Waals surface area contributed by atoms with Gasteiger partial charge in [-0.25, -0.2) is 15.0 Å². The molecular formula is C17H17ClIN5O4. The second-order valence-corrected chi connectivity index (χ2v) is 7.90. The minimum Gasteiger partial charge on any atom is -0.387 e. The fourth-order valence-corrected chi connectivity index (χ4v) is 3.83. The number of benzene rings is 1. The number of aromatic nitrogens is 4. The summed E-state index contributed by atoms with van der Waals surface area (Å²) in [7, 11) is 0. The normalized spacial score (nSPS) is 24.9. The van der Waals surface area contributed by atoms with Crippen LogP contribution in [0.5, 0.6) is 0 Å². The van der Waals surface area contributed by atoms with Crippen LogP contribution in [0.2, 0.25) is 5.02 Å². The number of nitrogens with zero attached hydrogens (tertiary/aromatic N) is 4. The maximum atomic E-state index is 10.4. The fraction of sp³-hybridized carbons (Fsp3) is 0.353. The molecule has 4 atom stereocenters. The molecule has 2 aromatic heterocycles. The number of hydrogen-bond donors (Lipinski definition) is 3. The molecule has 1 aliphatic rings. The summed E-state index contributed by atoms with van der Waals surface area (Å²) < 4.78 is 14.0. The first-order chi connectivity index (χ1) is 13.5. The Kier molecular flexibility index (Phi) is 5.67. The van der Waals surface area contributed by atoms with Gasteiger partial charge < -0.3 is 25.4 Å². The van der Waals surface area contributed by atoms with Crippen LogP contribution >= 0.6 is 34.2 Å². The molecule has 3 heterocycles. The van der Waals surface area contributed by atoms with Crippen molar-refractivity contribution in [1.82, 2.24) is 19.5 Å². The number of imidazole rings is 1. The molecule has 28 heavy (non-hydrogen) atoms. The number of ether oxygens (including phenoxy) is 2. The molecule has 4 rings (SSSR count). The Morgan fingerprint density at radius 3 is 2.89 bits per heavy atom. The number of nitrogen functional groups attached to an aromatic ring is 1. The first kappa shape index (κ1) is 19.7. The number of nitrogens with two attached hydrogens (primary N) is 1. The topological polar surface area (TPSA) is 129 Å². The molecule has 11 heteroatoms. The number of fused-ring (bicyclic) bond motifs is 1. The third kappa shape index (κ3) is 3.55. The highest BCUT2D eigenvalue weighted by Gasteiger charge is 2.44. The van der Waals surface area contributed by atoms with Crippen molar-refractivity contribution < 1.29 is 19.7 Å². The van der Waals surface area contributed by atoms with Gasteiger partial charge in [0.25, 0.3) is 0 Å². The van der Waals surface area contributed by atoms with E-state index in [0.29, 0.717) is 16.2 Å². The molecule has 0 radical (unpaired) electrons. The standard InChI is InChI=1S/C17H17ClIN5O4/c18-11-8(2-1-3-9(11)19)4-27-5-10-13(25)14(26)17(28-10)24-7-23-12-15(20)21-6-22-16(12)24/h1-3,6-7,10,13-14,17,25-26H,4-5H2,(H2,20,21,22)/t10-,13-,14-,17-/m1/s1. The maximum absolute atomic E-state index is 10.4. The molecule has 0 spiro atoms. The predicted octanol–water partition coefficient (Wildman–Crippen LogP) is 1.50. The highest BCUT2D eigenvalue weighted by molar-refractivity contribution is 14.1. The van der Waals surface area contributed by atoms with Gasteiger partial charge in [0.2, 0.25) is 0 Å². The van der Waals surface area contributed by atoms with Gasteiger partial charge >= 0.3 is 0 Å². The summed E-state index contributed by atoms with van der Waals surface area (Å²) in [6.45, 7) is 0.348. The largest absolute Gasteiger partial charge is 0.387 e. The quantitative estimate of drug-likeness (QED) is 0.435. The summed E-state index contributed by atoms with van der Waals surface area (Å²) in [5.41, 5.74) is 7.45. The van der Waals surface area contributed by atoms with Gasteiger partial charge in [-0.05, 0) is 34.2 Å². The van der Waals surface area contributed by atoms with Crippen LogP contribution in [0.1, 0.15) is 11.8 Å². The van der Waals surface area contributed by atoms with Gasteiger partial charge in [-0.3, -0.25) is 4.57 Å². The molecule has 0 unspecified atom stereocenters. The molecule has 1 aliphatic heterocycles. The van der Waals surface area contributed by atoms with Crippen molar-refractivity contribution in [3.05, 3.63) is 45.0 Å². The van der Waals surface area contributed by atoms with Crippen LogP contribution in [-0.2, 0) is 16.1 Å². The summed E-state index contributed by atoms with van der Waals surface area (Å²) in [5, 5.41) is 21.5. The van der Waals surface area contributed by atoms with Gasteiger partial charge in [0, 0.05) is 3.57 Å². The summed E-state index contributed by atoms with van der Waals surface area (Å²) in [6.07, 6.45) is -1.15. The van der Waals surface area contributed by atoms with Crippen LogP contribution in [0.15, 0.2) is 30.9 Å². The van der Waals surface area contributed by atoms with Crippen molar-refractivity contribution in [2.75, 3.05) is 12.3 Å². The van der Waals surface area contributed by atoms with Gasteiger partial charge in [-0.2, -0.15) is 0 Å². The van der Waals surface area contributed by atoms with E-state index in [-0.39, 0.29) is 19.0 Å². The average Bonchev–Trinajstić information content (AvgIpc) is 3.22. The number of rotatable bonds is 5. The number of anilines is 1. The van der Waals surface area contributed by atoms with Gasteiger partial charge in [0.05, 0.1) is 24.6 Å². The molecule has 148 valence electrons. The molecule has 1 saturated heterocycles. The SMILES string of the molecule is Nc1ncnc2c1ncn2[C@@H]1O[C@H](COCc2cccc(I)c2Cl)[C@@H](O)[C@H]1O. The smallest absolute Gasteiger partial charge is 0.167 e. The molecule has 4 N–H and O–H groups in total. The van der Waals surface area contributed by atoms with Crippen LogP contribution in [0.3, 0.4) is 0 Å². The van der Waals surface area contributed by atoms with E-state index in [0.717, 1.165) is 9.13 Å². The molecule has 1 aromatic carbocycles. The highest BCUT2D eigenvalue weighted by Crippen LogP contribution is 2.32. The van der Waals surface area contributed by atoms with E-state index < -0.39 is 24.5 Å². The number of halogens is 2. The van der Waals surface area contributed by atoms with Gasteiger partial charge in [0.15, 0.2) is 17.7 Å². The predicted molar refractivity (Wildman–Crippen MR) is 109 cm³/mol. The second-order valence-electron chi connectivity index (χ2n) is 6.36. The van der Waals surface area contributed by atoms with Crippen molar-refractivity contribution in [3.63, 3.8) is 0 Å². The summed E-state index contributed by atoms with van der Waals surface area (Å²) >= 11 is 8.41. The molecule has 3 aromatic rings. The van der Waals surface area contributed by atoms with E-state index in [2.05, 4.69) is 37.5 Å². The Hall–Kier alpha value is -1.57.